The molecule has 22 heavy (non-hydrogen) atoms. The second kappa shape index (κ2) is 5.88. The third-order valence-electron chi connectivity index (χ3n) is 3.81. The molecule has 1 atom stereocenters. The number of hydrogen-bond acceptors (Lipinski definition) is 3. The van der Waals surface area contributed by atoms with Crippen molar-refractivity contribution in [1.29, 1.82) is 0 Å². The first-order valence-electron chi connectivity index (χ1n) is 7.05. The summed E-state index contributed by atoms with van der Waals surface area (Å²) in [7, 11) is 0. The van der Waals surface area contributed by atoms with E-state index in [1.165, 1.54) is 0 Å². The number of benzene rings is 1. The van der Waals surface area contributed by atoms with Crippen molar-refractivity contribution in [2.45, 2.75) is 25.3 Å². The molecule has 1 aromatic heterocycles. The number of rotatable bonds is 3. The fourth-order valence-corrected chi connectivity index (χ4v) is 2.70. The van der Waals surface area contributed by atoms with Gasteiger partial charge in [-0.15, -0.1) is 0 Å². The largest absolute Gasteiger partial charge is 0.394 e. The van der Waals surface area contributed by atoms with Gasteiger partial charge in [0.05, 0.1) is 23.7 Å². The summed E-state index contributed by atoms with van der Waals surface area (Å²) in [6.07, 6.45) is -1.03. The number of nitrogens with one attached hydrogen (secondary N) is 2. The molecule has 0 aliphatic carbocycles. The van der Waals surface area contributed by atoms with Crippen molar-refractivity contribution in [2.24, 2.45) is 0 Å². The maximum absolute atomic E-state index is 12.6. The molecule has 2 amide bonds. The Kier molecular flexibility index (Phi) is 3.93. The molecule has 0 bridgehead atoms. The highest BCUT2D eigenvalue weighted by Crippen LogP contribution is 2.23. The first-order chi connectivity index (χ1) is 10.6. The molecule has 1 aromatic carbocycles. The number of carbonyl (C=O) groups excluding carboxylic acids is 1. The monoisotopic (exact) mass is 310 g/mol. The van der Waals surface area contributed by atoms with Gasteiger partial charge in [0.15, 0.2) is 5.82 Å². The highest BCUT2D eigenvalue weighted by molar-refractivity contribution is 5.92. The number of imidazole rings is 1. The topological polar surface area (TPSA) is 81.2 Å². The Hall–Kier alpha value is -2.22. The van der Waals surface area contributed by atoms with Crippen molar-refractivity contribution in [2.75, 3.05) is 18.5 Å². The summed E-state index contributed by atoms with van der Waals surface area (Å²) in [5.41, 5.74) is 1.35. The molecule has 0 saturated carbocycles. The van der Waals surface area contributed by atoms with Gasteiger partial charge in [-0.1, -0.05) is 0 Å². The second-order valence-corrected chi connectivity index (χ2v) is 5.26. The van der Waals surface area contributed by atoms with E-state index in [1.807, 2.05) is 0 Å². The Morgan fingerprint density at radius 1 is 1.55 bits per heavy atom. The molecule has 118 valence electrons. The summed E-state index contributed by atoms with van der Waals surface area (Å²) in [4.78, 5) is 20.1. The standard InChI is InChI=1S/C14H16F2N4O2/c15-12(16)13-18-10-4-3-8(6-11(10)19-13)17-14(22)20-5-1-2-9(20)7-21/h3-4,6,9,12,21H,1-2,5,7H2,(H,17,22)(H,18,19)/t9-/m0/s1. The molecule has 1 aliphatic rings. The average Bonchev–Trinajstić information content (AvgIpc) is 3.12. The van der Waals surface area contributed by atoms with Gasteiger partial charge in [0, 0.05) is 12.2 Å². The van der Waals surface area contributed by atoms with Crippen LogP contribution in [0.5, 0.6) is 0 Å². The van der Waals surface area contributed by atoms with Gasteiger partial charge in [0.25, 0.3) is 6.43 Å². The normalized spacial score (nSPS) is 18.4. The Labute approximate surface area is 125 Å². The van der Waals surface area contributed by atoms with Crippen LogP contribution in [0.25, 0.3) is 11.0 Å². The highest BCUT2D eigenvalue weighted by Gasteiger charge is 2.28. The highest BCUT2D eigenvalue weighted by atomic mass is 19.3. The summed E-state index contributed by atoms with van der Waals surface area (Å²) in [6, 6.07) is 4.28. The molecule has 1 fully saturated rings. The number of aromatic amines is 1. The molecule has 0 spiro atoms. The minimum absolute atomic E-state index is 0.0647. The number of hydrogen-bond donors (Lipinski definition) is 3. The lowest BCUT2D eigenvalue weighted by atomic mass is 10.2. The van der Waals surface area contributed by atoms with E-state index in [1.54, 1.807) is 23.1 Å². The summed E-state index contributed by atoms with van der Waals surface area (Å²) in [5, 5.41) is 12.0. The minimum Gasteiger partial charge on any atom is -0.394 e. The van der Waals surface area contributed by atoms with E-state index in [0.717, 1.165) is 12.8 Å². The smallest absolute Gasteiger partial charge is 0.322 e. The number of halogens is 2. The number of likely N-dealkylation sites (tertiary alicyclic amines) is 1. The first-order valence-corrected chi connectivity index (χ1v) is 7.05. The van der Waals surface area contributed by atoms with E-state index in [4.69, 9.17) is 0 Å². The zero-order valence-corrected chi connectivity index (χ0v) is 11.7. The number of anilines is 1. The molecule has 3 rings (SSSR count). The van der Waals surface area contributed by atoms with E-state index < -0.39 is 12.2 Å². The van der Waals surface area contributed by atoms with Gasteiger partial charge < -0.3 is 20.3 Å². The van der Waals surface area contributed by atoms with Crippen LogP contribution in [0.1, 0.15) is 25.1 Å². The van der Waals surface area contributed by atoms with E-state index >= 15 is 0 Å². The van der Waals surface area contributed by atoms with Gasteiger partial charge in [0.1, 0.15) is 0 Å². The van der Waals surface area contributed by atoms with E-state index in [0.29, 0.717) is 23.3 Å². The number of carbonyl (C=O) groups is 1. The lowest BCUT2D eigenvalue weighted by molar-refractivity contribution is 0.142. The molecular formula is C14H16F2N4O2. The summed E-state index contributed by atoms with van der Waals surface area (Å²) >= 11 is 0. The molecule has 6 nitrogen and oxygen atoms in total. The van der Waals surface area contributed by atoms with Gasteiger partial charge in [-0.3, -0.25) is 0 Å². The Balaban J connectivity index is 1.77. The molecule has 8 heteroatoms. The van der Waals surface area contributed by atoms with Crippen LogP contribution >= 0.6 is 0 Å². The number of aliphatic hydroxyl groups is 1. The third kappa shape index (κ3) is 2.74. The quantitative estimate of drug-likeness (QED) is 0.814. The Morgan fingerprint density at radius 3 is 3.09 bits per heavy atom. The lowest BCUT2D eigenvalue weighted by Gasteiger charge is -2.23. The average molecular weight is 310 g/mol. The summed E-state index contributed by atoms with van der Waals surface area (Å²) in [5.74, 6) is -0.390. The van der Waals surface area contributed by atoms with Crippen LogP contribution in [0.2, 0.25) is 0 Å². The maximum Gasteiger partial charge on any atom is 0.322 e. The molecule has 2 heterocycles. The van der Waals surface area contributed by atoms with Gasteiger partial charge >= 0.3 is 6.03 Å². The zero-order valence-electron chi connectivity index (χ0n) is 11.7. The van der Waals surface area contributed by atoms with Crippen molar-refractivity contribution in [3.63, 3.8) is 0 Å². The molecule has 3 N–H and O–H groups in total. The van der Waals surface area contributed by atoms with E-state index in [-0.39, 0.29) is 18.7 Å². The maximum atomic E-state index is 12.6. The predicted octanol–water partition coefficient (Wildman–Crippen LogP) is 2.49. The number of fused-ring (bicyclic) bond motifs is 1. The van der Waals surface area contributed by atoms with Gasteiger partial charge in [-0.25, -0.2) is 18.6 Å². The molecule has 1 saturated heterocycles. The first kappa shape index (κ1) is 14.7. The summed E-state index contributed by atoms with van der Waals surface area (Å²) < 4.78 is 25.2. The van der Waals surface area contributed by atoms with Crippen molar-refractivity contribution in [3.05, 3.63) is 24.0 Å². The fraction of sp³-hybridized carbons (Fsp3) is 0.429. The van der Waals surface area contributed by atoms with E-state index in [9.17, 15) is 18.7 Å². The van der Waals surface area contributed by atoms with Crippen molar-refractivity contribution in [3.8, 4) is 0 Å². The van der Waals surface area contributed by atoms with E-state index in [2.05, 4.69) is 15.3 Å². The van der Waals surface area contributed by atoms with Crippen LogP contribution in [-0.4, -0.2) is 45.2 Å². The number of amides is 2. The van der Waals surface area contributed by atoms with Crippen LogP contribution < -0.4 is 5.32 Å². The predicted molar refractivity (Wildman–Crippen MR) is 76.9 cm³/mol. The van der Waals surface area contributed by atoms with Gasteiger partial charge in [-0.2, -0.15) is 0 Å². The van der Waals surface area contributed by atoms with Gasteiger partial charge in [0.2, 0.25) is 0 Å². The second-order valence-electron chi connectivity index (χ2n) is 5.26. The van der Waals surface area contributed by atoms with Crippen LogP contribution in [0, 0.1) is 0 Å². The zero-order chi connectivity index (χ0) is 15.7. The molecule has 0 radical (unpaired) electrons. The van der Waals surface area contributed by atoms with Crippen LogP contribution in [-0.2, 0) is 0 Å². The lowest BCUT2D eigenvalue weighted by Crippen LogP contribution is -2.40. The Bertz CT molecular complexity index is 689. The number of nitrogens with zero attached hydrogens (tertiary/aromatic N) is 2. The Morgan fingerprint density at radius 2 is 2.36 bits per heavy atom. The van der Waals surface area contributed by atoms with Crippen LogP contribution in [0.3, 0.4) is 0 Å². The number of aromatic nitrogens is 2. The third-order valence-corrected chi connectivity index (χ3v) is 3.81. The minimum atomic E-state index is -2.67. The van der Waals surface area contributed by atoms with Crippen molar-refractivity contribution < 1.29 is 18.7 Å². The van der Waals surface area contributed by atoms with Crippen LogP contribution in [0.4, 0.5) is 19.3 Å². The number of urea groups is 1. The van der Waals surface area contributed by atoms with Crippen molar-refractivity contribution in [1.82, 2.24) is 14.9 Å². The molecular weight excluding hydrogens is 294 g/mol. The van der Waals surface area contributed by atoms with Crippen molar-refractivity contribution >= 4 is 22.8 Å². The fourth-order valence-electron chi connectivity index (χ4n) is 2.70. The van der Waals surface area contributed by atoms with Gasteiger partial charge in [-0.05, 0) is 31.0 Å². The molecule has 1 aliphatic heterocycles. The molecule has 2 aromatic rings. The SMILES string of the molecule is O=C(Nc1ccc2nc(C(F)F)[nH]c2c1)N1CCC[C@H]1CO. The summed E-state index contributed by atoms with van der Waals surface area (Å²) in [6.45, 7) is 0.531. The van der Waals surface area contributed by atoms with Crippen LogP contribution in [0.15, 0.2) is 18.2 Å². The number of H-pyrrole nitrogens is 1. The molecule has 0 unspecified atom stereocenters. The number of alkyl halides is 2. The number of aliphatic hydroxyl groups excluding tert-OH is 1.